The number of fused-ring (bicyclic) bond motifs is 1. The van der Waals surface area contributed by atoms with Crippen LogP contribution in [0.15, 0.2) is 29.5 Å². The molecule has 3 aromatic heterocycles. The minimum atomic E-state index is -0.324. The topological polar surface area (TPSA) is 87.4 Å². The fraction of sp³-hybridized carbons (Fsp3) is 0.500. The highest BCUT2D eigenvalue weighted by Gasteiger charge is 2.26. The van der Waals surface area contributed by atoms with Crippen molar-refractivity contribution in [3.8, 4) is 0 Å². The van der Waals surface area contributed by atoms with Crippen molar-refractivity contribution in [1.82, 2.24) is 19.7 Å². The number of thiophene rings is 1. The van der Waals surface area contributed by atoms with Crippen LogP contribution in [0.2, 0.25) is 0 Å². The molecule has 29 heavy (non-hydrogen) atoms. The number of anilines is 2. The van der Waals surface area contributed by atoms with Crippen molar-refractivity contribution in [3.63, 3.8) is 0 Å². The van der Waals surface area contributed by atoms with Gasteiger partial charge in [-0.1, -0.05) is 0 Å². The predicted molar refractivity (Wildman–Crippen MR) is 114 cm³/mol. The number of β-amino-alcohol motifs (C(OH)–C–C–N with tert-alkyl or cyclic N) is 1. The largest absolute Gasteiger partial charge is 0.391 e. The third-order valence-corrected chi connectivity index (χ3v) is 6.77. The maximum atomic E-state index is 12.8. The van der Waals surface area contributed by atoms with Gasteiger partial charge in [0, 0.05) is 37.1 Å². The van der Waals surface area contributed by atoms with Crippen LogP contribution in [0.5, 0.6) is 0 Å². The van der Waals surface area contributed by atoms with E-state index in [1.54, 1.807) is 34.6 Å². The summed E-state index contributed by atoms with van der Waals surface area (Å²) in [6.07, 6.45) is 5.69. The van der Waals surface area contributed by atoms with Crippen molar-refractivity contribution in [2.24, 2.45) is 0 Å². The van der Waals surface area contributed by atoms with E-state index < -0.39 is 0 Å². The lowest BCUT2D eigenvalue weighted by molar-refractivity contribution is 0.198. The summed E-state index contributed by atoms with van der Waals surface area (Å²) < 4.78 is 1.61. The predicted octanol–water partition coefficient (Wildman–Crippen LogP) is 1.97. The Morgan fingerprint density at radius 2 is 2.03 bits per heavy atom. The van der Waals surface area contributed by atoms with Gasteiger partial charge in [-0.2, -0.15) is 5.10 Å². The molecule has 2 aliphatic heterocycles. The third kappa shape index (κ3) is 3.49. The molecule has 0 unspecified atom stereocenters. The van der Waals surface area contributed by atoms with Gasteiger partial charge in [-0.15, -0.1) is 11.3 Å². The van der Waals surface area contributed by atoms with Gasteiger partial charge in [-0.3, -0.25) is 4.79 Å². The van der Waals surface area contributed by atoms with E-state index in [-0.39, 0.29) is 17.7 Å². The summed E-state index contributed by atoms with van der Waals surface area (Å²) in [5, 5.41) is 15.3. The number of aliphatic hydroxyl groups excluding tert-OH is 1. The lowest BCUT2D eigenvalue weighted by Crippen LogP contribution is -2.41. The van der Waals surface area contributed by atoms with E-state index in [0.29, 0.717) is 13.1 Å². The molecule has 0 spiro atoms. The van der Waals surface area contributed by atoms with Crippen molar-refractivity contribution in [2.75, 3.05) is 36.0 Å². The Kier molecular flexibility index (Phi) is 4.71. The zero-order valence-corrected chi connectivity index (χ0v) is 17.2. The summed E-state index contributed by atoms with van der Waals surface area (Å²) in [6, 6.07) is 3.80. The Morgan fingerprint density at radius 3 is 2.83 bits per heavy atom. The molecule has 1 N–H and O–H groups in total. The molecule has 0 aliphatic carbocycles. The van der Waals surface area contributed by atoms with Gasteiger partial charge in [0.25, 0.3) is 5.56 Å². The van der Waals surface area contributed by atoms with Gasteiger partial charge in [-0.25, -0.2) is 14.6 Å². The summed E-state index contributed by atoms with van der Waals surface area (Å²) in [6.45, 7) is 5.02. The van der Waals surface area contributed by atoms with Gasteiger partial charge in [0.05, 0.1) is 29.4 Å². The molecule has 2 saturated heterocycles. The van der Waals surface area contributed by atoms with Crippen LogP contribution >= 0.6 is 11.3 Å². The number of nitrogens with zero attached hydrogens (tertiary/aromatic N) is 6. The van der Waals surface area contributed by atoms with Gasteiger partial charge in [-0.05, 0) is 32.3 Å². The molecule has 0 saturated carbocycles. The first-order chi connectivity index (χ1) is 14.1. The van der Waals surface area contributed by atoms with E-state index in [1.165, 1.54) is 4.88 Å². The number of hydrogen-bond donors (Lipinski definition) is 1. The molecule has 0 radical (unpaired) electrons. The molecule has 9 heteroatoms. The zero-order valence-electron chi connectivity index (χ0n) is 16.4. The standard InChI is InChI=1S/C20H24N6O2S/c1-13-7-17-19(21-12-22-20(17)29-13)25-5-2-3-14(10-25)26-18(28)8-15(9-23-26)24-6-4-16(27)11-24/h7-9,12,14,16,27H,2-6,10-11H2,1H3/t14-,16+/m1/s1. The summed E-state index contributed by atoms with van der Waals surface area (Å²) in [5.74, 6) is 0.944. The van der Waals surface area contributed by atoms with E-state index in [2.05, 4.69) is 33.0 Å². The molecular formula is C20H24N6O2S. The zero-order chi connectivity index (χ0) is 20.0. The Hall–Kier alpha value is -2.52. The first-order valence-corrected chi connectivity index (χ1v) is 10.9. The molecule has 5 rings (SSSR count). The number of aromatic nitrogens is 4. The number of rotatable bonds is 3. The molecule has 152 valence electrons. The second-order valence-electron chi connectivity index (χ2n) is 7.90. The summed E-state index contributed by atoms with van der Waals surface area (Å²) in [7, 11) is 0. The normalized spacial score (nSPS) is 22.6. The number of hydrogen-bond acceptors (Lipinski definition) is 8. The van der Waals surface area contributed by atoms with Gasteiger partial charge < -0.3 is 14.9 Å². The van der Waals surface area contributed by atoms with Crippen LogP contribution in [-0.2, 0) is 0 Å². The van der Waals surface area contributed by atoms with Crippen molar-refractivity contribution in [2.45, 2.75) is 38.3 Å². The molecule has 2 atom stereocenters. The highest BCUT2D eigenvalue weighted by Crippen LogP contribution is 2.32. The smallest absolute Gasteiger partial charge is 0.269 e. The van der Waals surface area contributed by atoms with Crippen LogP contribution < -0.4 is 15.4 Å². The summed E-state index contributed by atoms with van der Waals surface area (Å²) in [4.78, 5) is 28.2. The van der Waals surface area contributed by atoms with Crippen LogP contribution in [-0.4, -0.2) is 57.1 Å². The van der Waals surface area contributed by atoms with E-state index in [9.17, 15) is 9.90 Å². The van der Waals surface area contributed by atoms with Gasteiger partial charge in [0.15, 0.2) is 0 Å². The molecule has 0 bridgehead atoms. The third-order valence-electron chi connectivity index (χ3n) is 5.81. The molecule has 0 amide bonds. The lowest BCUT2D eigenvalue weighted by atomic mass is 10.1. The van der Waals surface area contributed by atoms with Crippen molar-refractivity contribution >= 4 is 33.1 Å². The van der Waals surface area contributed by atoms with E-state index >= 15 is 0 Å². The Balaban J connectivity index is 1.40. The fourth-order valence-corrected chi connectivity index (χ4v) is 5.24. The molecule has 2 aliphatic rings. The van der Waals surface area contributed by atoms with Gasteiger partial charge in [0.2, 0.25) is 0 Å². The SMILES string of the molecule is Cc1cc2c(N3CCC[C@@H](n4ncc(N5CC[C@H](O)C5)cc4=O)C3)ncnc2s1. The quantitative estimate of drug-likeness (QED) is 0.704. The van der Waals surface area contributed by atoms with Crippen LogP contribution in [0.1, 0.15) is 30.2 Å². The van der Waals surface area contributed by atoms with Crippen molar-refractivity contribution in [1.29, 1.82) is 0 Å². The molecule has 0 aromatic carbocycles. The van der Waals surface area contributed by atoms with Crippen molar-refractivity contribution in [3.05, 3.63) is 39.9 Å². The van der Waals surface area contributed by atoms with Crippen LogP contribution in [0.25, 0.3) is 10.2 Å². The molecule has 3 aromatic rings. The van der Waals surface area contributed by atoms with Gasteiger partial charge >= 0.3 is 0 Å². The maximum Gasteiger partial charge on any atom is 0.269 e. The molecule has 8 nitrogen and oxygen atoms in total. The Morgan fingerprint density at radius 1 is 1.14 bits per heavy atom. The Labute approximate surface area is 172 Å². The fourth-order valence-electron chi connectivity index (χ4n) is 4.39. The number of piperidine rings is 1. The summed E-state index contributed by atoms with van der Waals surface area (Å²) in [5.41, 5.74) is 0.705. The van der Waals surface area contributed by atoms with E-state index in [1.807, 2.05) is 4.90 Å². The molecular weight excluding hydrogens is 388 g/mol. The minimum Gasteiger partial charge on any atom is -0.391 e. The van der Waals surface area contributed by atoms with Crippen LogP contribution in [0, 0.1) is 6.92 Å². The second-order valence-corrected chi connectivity index (χ2v) is 9.14. The Bertz CT molecular complexity index is 1100. The van der Waals surface area contributed by atoms with Gasteiger partial charge in [0.1, 0.15) is 17.0 Å². The first kappa shape index (κ1) is 18.5. The maximum absolute atomic E-state index is 12.8. The molecule has 2 fully saturated rings. The first-order valence-electron chi connectivity index (χ1n) is 10.1. The van der Waals surface area contributed by atoms with Crippen LogP contribution in [0.4, 0.5) is 11.5 Å². The monoisotopic (exact) mass is 412 g/mol. The average molecular weight is 413 g/mol. The number of aliphatic hydroxyl groups is 1. The minimum absolute atomic E-state index is 0.0132. The van der Waals surface area contributed by atoms with Crippen LogP contribution in [0.3, 0.4) is 0 Å². The summed E-state index contributed by atoms with van der Waals surface area (Å²) >= 11 is 1.68. The average Bonchev–Trinajstić information content (AvgIpc) is 3.32. The van der Waals surface area contributed by atoms with Crippen molar-refractivity contribution < 1.29 is 5.11 Å². The van der Waals surface area contributed by atoms with E-state index in [4.69, 9.17) is 0 Å². The highest BCUT2D eigenvalue weighted by molar-refractivity contribution is 7.18. The highest BCUT2D eigenvalue weighted by atomic mass is 32.1. The number of aryl methyl sites for hydroxylation is 1. The van der Waals surface area contributed by atoms with E-state index in [0.717, 1.165) is 54.1 Å². The lowest BCUT2D eigenvalue weighted by Gasteiger charge is -2.34. The molecule has 5 heterocycles. The second kappa shape index (κ2) is 7.38.